The fourth-order valence-corrected chi connectivity index (χ4v) is 3.30. The van der Waals surface area contributed by atoms with Crippen LogP contribution in [0, 0.1) is 6.92 Å². The molecule has 0 amide bonds. The van der Waals surface area contributed by atoms with Crippen molar-refractivity contribution in [3.05, 3.63) is 35.8 Å². The SMILES string of the molecule is CCc1cc(N2CCCC(n3ccnc3CC)C2)nc(C)n1. The largest absolute Gasteiger partial charge is 0.354 e. The molecule has 1 saturated heterocycles. The van der Waals surface area contributed by atoms with Gasteiger partial charge in [0.2, 0.25) is 0 Å². The Morgan fingerprint density at radius 1 is 1.23 bits per heavy atom. The third-order valence-electron chi connectivity index (χ3n) is 4.42. The van der Waals surface area contributed by atoms with Crippen molar-refractivity contribution in [2.75, 3.05) is 18.0 Å². The van der Waals surface area contributed by atoms with Gasteiger partial charge in [0.05, 0.1) is 6.04 Å². The van der Waals surface area contributed by atoms with Gasteiger partial charge in [0, 0.05) is 43.7 Å². The third kappa shape index (κ3) is 2.98. The molecule has 0 aromatic carbocycles. The maximum atomic E-state index is 4.65. The summed E-state index contributed by atoms with van der Waals surface area (Å²) >= 11 is 0. The summed E-state index contributed by atoms with van der Waals surface area (Å²) in [6.07, 6.45) is 8.38. The van der Waals surface area contributed by atoms with E-state index in [1.165, 1.54) is 18.7 Å². The van der Waals surface area contributed by atoms with Crippen molar-refractivity contribution in [1.82, 2.24) is 19.5 Å². The van der Waals surface area contributed by atoms with Gasteiger partial charge in [-0.25, -0.2) is 15.0 Å². The highest BCUT2D eigenvalue weighted by atomic mass is 15.2. The minimum Gasteiger partial charge on any atom is -0.354 e. The second kappa shape index (κ2) is 6.46. The van der Waals surface area contributed by atoms with E-state index >= 15 is 0 Å². The summed E-state index contributed by atoms with van der Waals surface area (Å²) in [4.78, 5) is 16.0. The van der Waals surface area contributed by atoms with Crippen molar-refractivity contribution < 1.29 is 0 Å². The molecule has 2 aromatic rings. The van der Waals surface area contributed by atoms with Gasteiger partial charge < -0.3 is 9.47 Å². The van der Waals surface area contributed by atoms with Crippen molar-refractivity contribution in [3.8, 4) is 0 Å². The van der Waals surface area contributed by atoms with E-state index in [0.717, 1.165) is 43.3 Å². The maximum absolute atomic E-state index is 4.65. The fourth-order valence-electron chi connectivity index (χ4n) is 3.30. The second-order valence-electron chi connectivity index (χ2n) is 5.96. The molecule has 22 heavy (non-hydrogen) atoms. The van der Waals surface area contributed by atoms with E-state index in [1.807, 2.05) is 13.1 Å². The minimum atomic E-state index is 0.492. The Labute approximate surface area is 132 Å². The first-order valence-electron chi connectivity index (χ1n) is 8.32. The topological polar surface area (TPSA) is 46.8 Å². The molecule has 118 valence electrons. The van der Waals surface area contributed by atoms with Crippen LogP contribution in [0.4, 0.5) is 5.82 Å². The Hall–Kier alpha value is -1.91. The van der Waals surface area contributed by atoms with Crippen LogP contribution in [0.2, 0.25) is 0 Å². The molecule has 3 rings (SSSR count). The molecule has 1 unspecified atom stereocenters. The number of hydrogen-bond acceptors (Lipinski definition) is 4. The van der Waals surface area contributed by atoms with E-state index in [-0.39, 0.29) is 0 Å². The number of rotatable bonds is 4. The van der Waals surface area contributed by atoms with Crippen LogP contribution < -0.4 is 4.90 Å². The molecule has 5 nitrogen and oxygen atoms in total. The molecule has 5 heteroatoms. The van der Waals surface area contributed by atoms with Gasteiger partial charge in [-0.2, -0.15) is 0 Å². The van der Waals surface area contributed by atoms with Crippen molar-refractivity contribution in [3.63, 3.8) is 0 Å². The van der Waals surface area contributed by atoms with Crippen molar-refractivity contribution in [2.24, 2.45) is 0 Å². The van der Waals surface area contributed by atoms with Crippen LogP contribution in [0.3, 0.4) is 0 Å². The van der Waals surface area contributed by atoms with Gasteiger partial charge >= 0.3 is 0 Å². The van der Waals surface area contributed by atoms with E-state index in [0.29, 0.717) is 6.04 Å². The minimum absolute atomic E-state index is 0.492. The van der Waals surface area contributed by atoms with Gasteiger partial charge in [-0.05, 0) is 26.2 Å². The summed E-state index contributed by atoms with van der Waals surface area (Å²) in [7, 11) is 0. The van der Waals surface area contributed by atoms with Crippen LogP contribution >= 0.6 is 0 Å². The molecular weight excluding hydrogens is 274 g/mol. The Bertz CT molecular complexity index is 634. The average Bonchev–Trinajstić information content (AvgIpc) is 3.03. The van der Waals surface area contributed by atoms with E-state index in [4.69, 9.17) is 0 Å². The zero-order valence-corrected chi connectivity index (χ0v) is 13.8. The number of aryl methyl sites for hydroxylation is 3. The number of hydrogen-bond donors (Lipinski definition) is 0. The predicted molar refractivity (Wildman–Crippen MR) is 88.2 cm³/mol. The first-order chi connectivity index (χ1) is 10.7. The van der Waals surface area contributed by atoms with Crippen molar-refractivity contribution in [2.45, 2.75) is 52.5 Å². The predicted octanol–water partition coefficient (Wildman–Crippen LogP) is 2.95. The molecule has 0 spiro atoms. The monoisotopic (exact) mass is 299 g/mol. The Kier molecular flexibility index (Phi) is 4.41. The smallest absolute Gasteiger partial charge is 0.132 e. The molecule has 0 radical (unpaired) electrons. The Morgan fingerprint density at radius 3 is 2.86 bits per heavy atom. The quantitative estimate of drug-likeness (QED) is 0.871. The Balaban J connectivity index is 1.82. The summed E-state index contributed by atoms with van der Waals surface area (Å²) in [5, 5.41) is 0. The number of nitrogens with zero attached hydrogens (tertiary/aromatic N) is 5. The molecule has 1 fully saturated rings. The van der Waals surface area contributed by atoms with Crippen LogP contribution in [0.15, 0.2) is 18.5 Å². The van der Waals surface area contributed by atoms with E-state index in [2.05, 4.69) is 50.5 Å². The first kappa shape index (κ1) is 15.0. The summed E-state index contributed by atoms with van der Waals surface area (Å²) in [5.74, 6) is 3.13. The van der Waals surface area contributed by atoms with Gasteiger partial charge in [-0.1, -0.05) is 13.8 Å². The van der Waals surface area contributed by atoms with Crippen molar-refractivity contribution >= 4 is 5.82 Å². The number of imidazole rings is 1. The summed E-state index contributed by atoms with van der Waals surface area (Å²) in [5.41, 5.74) is 1.13. The molecule has 1 aliphatic rings. The van der Waals surface area contributed by atoms with Gasteiger partial charge in [-0.15, -0.1) is 0 Å². The summed E-state index contributed by atoms with van der Waals surface area (Å²) in [6, 6.07) is 2.64. The first-order valence-corrected chi connectivity index (χ1v) is 8.32. The zero-order valence-electron chi connectivity index (χ0n) is 13.8. The van der Waals surface area contributed by atoms with Crippen LogP contribution in [-0.2, 0) is 12.8 Å². The van der Waals surface area contributed by atoms with Crippen LogP contribution in [-0.4, -0.2) is 32.6 Å². The normalized spacial score (nSPS) is 18.7. The molecule has 0 N–H and O–H groups in total. The average molecular weight is 299 g/mol. The Morgan fingerprint density at radius 2 is 2.09 bits per heavy atom. The molecule has 0 aliphatic carbocycles. The zero-order chi connectivity index (χ0) is 15.5. The number of anilines is 1. The van der Waals surface area contributed by atoms with Gasteiger partial charge in [-0.3, -0.25) is 0 Å². The highest BCUT2D eigenvalue weighted by Crippen LogP contribution is 2.26. The lowest BCUT2D eigenvalue weighted by Gasteiger charge is -2.35. The lowest BCUT2D eigenvalue weighted by Crippen LogP contribution is -2.37. The van der Waals surface area contributed by atoms with Crippen molar-refractivity contribution in [1.29, 1.82) is 0 Å². The van der Waals surface area contributed by atoms with E-state index < -0.39 is 0 Å². The molecule has 0 bridgehead atoms. The van der Waals surface area contributed by atoms with Gasteiger partial charge in [0.25, 0.3) is 0 Å². The third-order valence-corrected chi connectivity index (χ3v) is 4.42. The highest BCUT2D eigenvalue weighted by Gasteiger charge is 2.23. The molecule has 0 saturated carbocycles. The van der Waals surface area contributed by atoms with Gasteiger partial charge in [0.15, 0.2) is 0 Å². The maximum Gasteiger partial charge on any atom is 0.132 e. The highest BCUT2D eigenvalue weighted by molar-refractivity contribution is 5.40. The molecular formula is C17H25N5. The molecule has 3 heterocycles. The molecule has 1 atom stereocenters. The standard InChI is InChI=1S/C17H25N5/c1-4-14-11-17(20-13(3)19-14)21-9-6-7-15(12-21)22-10-8-18-16(22)5-2/h8,10-11,15H,4-7,9,12H2,1-3H3. The summed E-state index contributed by atoms with van der Waals surface area (Å²) < 4.78 is 2.35. The lowest BCUT2D eigenvalue weighted by molar-refractivity contribution is 0.394. The van der Waals surface area contributed by atoms with Crippen LogP contribution in [0.25, 0.3) is 0 Å². The lowest BCUT2D eigenvalue weighted by atomic mass is 10.1. The second-order valence-corrected chi connectivity index (χ2v) is 5.96. The van der Waals surface area contributed by atoms with Crippen LogP contribution in [0.1, 0.15) is 50.1 Å². The summed E-state index contributed by atoms with van der Waals surface area (Å²) in [6.45, 7) is 8.37. The van der Waals surface area contributed by atoms with Crippen LogP contribution in [0.5, 0.6) is 0 Å². The van der Waals surface area contributed by atoms with E-state index in [9.17, 15) is 0 Å². The number of piperidine rings is 1. The van der Waals surface area contributed by atoms with E-state index in [1.54, 1.807) is 0 Å². The fraction of sp³-hybridized carbons (Fsp3) is 0.588. The number of aromatic nitrogens is 4. The van der Waals surface area contributed by atoms with Gasteiger partial charge in [0.1, 0.15) is 17.5 Å². The molecule has 1 aliphatic heterocycles. The molecule has 2 aromatic heterocycles.